The summed E-state index contributed by atoms with van der Waals surface area (Å²) in [7, 11) is 0. The van der Waals surface area contributed by atoms with Gasteiger partial charge in [-0.25, -0.2) is 0 Å². The van der Waals surface area contributed by atoms with Gasteiger partial charge in [-0.3, -0.25) is 9.59 Å². The van der Waals surface area contributed by atoms with Crippen LogP contribution in [0.1, 0.15) is 68.0 Å². The molecule has 0 saturated heterocycles. The maximum absolute atomic E-state index is 12.1. The number of hydrogen-bond acceptors (Lipinski definition) is 5. The van der Waals surface area contributed by atoms with Gasteiger partial charge in [-0.2, -0.15) is 0 Å². The van der Waals surface area contributed by atoms with Crippen LogP contribution < -0.4 is 0 Å². The molecule has 0 saturated carbocycles. The van der Waals surface area contributed by atoms with Crippen molar-refractivity contribution in [2.75, 3.05) is 0 Å². The van der Waals surface area contributed by atoms with Crippen molar-refractivity contribution in [3.8, 4) is 0 Å². The summed E-state index contributed by atoms with van der Waals surface area (Å²) in [5.74, 6) is -0.753. The molecule has 0 amide bonds. The lowest BCUT2D eigenvalue weighted by atomic mass is 10.0. The molecule has 2 unspecified atom stereocenters. The number of furan rings is 1. The summed E-state index contributed by atoms with van der Waals surface area (Å²) in [5.41, 5.74) is 0.563. The van der Waals surface area contributed by atoms with Gasteiger partial charge in [0.15, 0.2) is 11.5 Å². The Morgan fingerprint density at radius 1 is 1.21 bits per heavy atom. The molecule has 1 aromatic rings. The largest absolute Gasteiger partial charge is 0.481 e. The summed E-state index contributed by atoms with van der Waals surface area (Å²) in [5, 5.41) is 28.2. The number of hydrogen-bond donors (Lipinski definition) is 3. The van der Waals surface area contributed by atoms with Crippen LogP contribution in [0.25, 0.3) is 6.08 Å². The fourth-order valence-electron chi connectivity index (χ4n) is 2.29. The fourth-order valence-corrected chi connectivity index (χ4v) is 2.29. The quantitative estimate of drug-likeness (QED) is 0.399. The smallest absolute Gasteiger partial charge is 0.303 e. The summed E-state index contributed by atoms with van der Waals surface area (Å²) < 4.78 is 5.23. The number of aliphatic carboxylic acids is 1. The van der Waals surface area contributed by atoms with E-state index in [0.717, 1.165) is 19.3 Å². The van der Waals surface area contributed by atoms with Gasteiger partial charge in [-0.05, 0) is 25.3 Å². The standard InChI is InChI=1S/C18H26O6/c1-2-3-4-6-16(21)18-13(11-12-24-18)9-10-15(20)14(19)7-5-8-17(22)23/h9-12,14-15,19-20H,2-8H2,1H3,(H,22,23)/b10-9+. The third kappa shape index (κ3) is 7.10. The molecule has 0 aliphatic carbocycles. The Balaban J connectivity index is 2.56. The Morgan fingerprint density at radius 3 is 2.62 bits per heavy atom. The van der Waals surface area contributed by atoms with Gasteiger partial charge in [0.1, 0.15) is 0 Å². The molecule has 0 bridgehead atoms. The second kappa shape index (κ2) is 10.8. The first-order chi connectivity index (χ1) is 11.5. The highest BCUT2D eigenvalue weighted by Crippen LogP contribution is 2.17. The molecule has 0 aliphatic rings. The van der Waals surface area contributed by atoms with Crippen LogP contribution in [0, 0.1) is 0 Å². The highest BCUT2D eigenvalue weighted by atomic mass is 16.4. The minimum atomic E-state index is -1.13. The van der Waals surface area contributed by atoms with Crippen molar-refractivity contribution >= 4 is 17.8 Å². The number of carboxylic acid groups (broad SMARTS) is 1. The summed E-state index contributed by atoms with van der Waals surface area (Å²) in [4.78, 5) is 22.5. The molecule has 0 radical (unpaired) electrons. The predicted octanol–water partition coefficient (Wildman–Crippen LogP) is 3.03. The van der Waals surface area contributed by atoms with Crippen LogP contribution in [0.4, 0.5) is 0 Å². The molecule has 2 atom stereocenters. The second-order valence-electron chi connectivity index (χ2n) is 5.79. The van der Waals surface area contributed by atoms with Crippen LogP contribution in [0.5, 0.6) is 0 Å². The Hall–Kier alpha value is -1.92. The van der Waals surface area contributed by atoms with Gasteiger partial charge in [-0.15, -0.1) is 0 Å². The lowest BCUT2D eigenvalue weighted by Crippen LogP contribution is -2.23. The van der Waals surface area contributed by atoms with E-state index in [1.165, 1.54) is 12.3 Å². The Morgan fingerprint density at radius 2 is 1.96 bits per heavy atom. The van der Waals surface area contributed by atoms with Crippen molar-refractivity contribution in [3.63, 3.8) is 0 Å². The Labute approximate surface area is 141 Å². The molecule has 0 aliphatic heterocycles. The number of unbranched alkanes of at least 4 members (excludes halogenated alkanes) is 2. The first kappa shape index (κ1) is 20.1. The normalized spacial score (nSPS) is 14.0. The predicted molar refractivity (Wildman–Crippen MR) is 89.7 cm³/mol. The van der Waals surface area contributed by atoms with Gasteiger partial charge in [0.05, 0.1) is 18.5 Å². The monoisotopic (exact) mass is 338 g/mol. The van der Waals surface area contributed by atoms with E-state index in [2.05, 4.69) is 6.92 Å². The molecule has 6 nitrogen and oxygen atoms in total. The molecule has 6 heteroatoms. The Kier molecular flexibility index (Phi) is 9.04. The zero-order chi connectivity index (χ0) is 17.9. The number of carbonyl (C=O) groups excluding carboxylic acids is 1. The van der Waals surface area contributed by atoms with Crippen LogP contribution >= 0.6 is 0 Å². The Bertz CT molecular complexity index is 545. The van der Waals surface area contributed by atoms with Crippen molar-refractivity contribution < 1.29 is 29.3 Å². The molecule has 24 heavy (non-hydrogen) atoms. The number of aliphatic hydroxyl groups excluding tert-OH is 2. The van der Waals surface area contributed by atoms with E-state index in [1.54, 1.807) is 12.1 Å². The van der Waals surface area contributed by atoms with E-state index in [9.17, 15) is 19.8 Å². The number of rotatable bonds is 12. The van der Waals surface area contributed by atoms with Gasteiger partial charge in [0.25, 0.3) is 0 Å². The van der Waals surface area contributed by atoms with E-state index in [-0.39, 0.29) is 30.8 Å². The number of aliphatic hydroxyl groups is 2. The fraction of sp³-hybridized carbons (Fsp3) is 0.556. The maximum Gasteiger partial charge on any atom is 0.303 e. The lowest BCUT2D eigenvalue weighted by Gasteiger charge is -2.13. The van der Waals surface area contributed by atoms with Crippen molar-refractivity contribution in [2.24, 2.45) is 0 Å². The minimum absolute atomic E-state index is 0.0500. The molecule has 3 N–H and O–H groups in total. The summed E-state index contributed by atoms with van der Waals surface area (Å²) >= 11 is 0. The molecule has 0 spiro atoms. The number of ketones is 1. The highest BCUT2D eigenvalue weighted by molar-refractivity contribution is 5.96. The van der Waals surface area contributed by atoms with Gasteiger partial charge in [-0.1, -0.05) is 31.9 Å². The third-order valence-electron chi connectivity index (χ3n) is 3.71. The first-order valence-corrected chi connectivity index (χ1v) is 8.32. The van der Waals surface area contributed by atoms with Crippen LogP contribution in [0.2, 0.25) is 0 Å². The van der Waals surface area contributed by atoms with Gasteiger partial charge in [0.2, 0.25) is 0 Å². The molecular weight excluding hydrogens is 312 g/mol. The highest BCUT2D eigenvalue weighted by Gasteiger charge is 2.16. The van der Waals surface area contributed by atoms with Crippen LogP contribution in [0.15, 0.2) is 22.8 Å². The molecule has 1 heterocycles. The number of Topliss-reactive ketones (excluding diaryl/α,β-unsaturated/α-hetero) is 1. The van der Waals surface area contributed by atoms with Crippen LogP contribution in [-0.4, -0.2) is 39.3 Å². The zero-order valence-electron chi connectivity index (χ0n) is 14.0. The SMILES string of the molecule is CCCCCC(=O)c1occc1/C=C/C(O)C(O)CCCC(=O)O. The number of carboxylic acids is 1. The van der Waals surface area contributed by atoms with E-state index in [4.69, 9.17) is 9.52 Å². The maximum atomic E-state index is 12.1. The topological polar surface area (TPSA) is 108 Å². The van der Waals surface area contributed by atoms with Crippen molar-refractivity contribution in [3.05, 3.63) is 29.7 Å². The molecule has 1 aromatic heterocycles. The van der Waals surface area contributed by atoms with E-state index < -0.39 is 18.2 Å². The molecule has 0 aromatic carbocycles. The minimum Gasteiger partial charge on any atom is -0.481 e. The van der Waals surface area contributed by atoms with Gasteiger partial charge in [0, 0.05) is 18.4 Å². The summed E-state index contributed by atoms with van der Waals surface area (Å²) in [6.07, 6.45) is 5.85. The molecule has 134 valence electrons. The summed E-state index contributed by atoms with van der Waals surface area (Å²) in [6, 6.07) is 1.63. The molecule has 0 fully saturated rings. The average molecular weight is 338 g/mol. The number of carbonyl (C=O) groups is 2. The van der Waals surface area contributed by atoms with E-state index in [0.29, 0.717) is 12.0 Å². The average Bonchev–Trinajstić information content (AvgIpc) is 3.00. The van der Waals surface area contributed by atoms with Gasteiger partial charge >= 0.3 is 5.97 Å². The van der Waals surface area contributed by atoms with Gasteiger partial charge < -0.3 is 19.7 Å². The lowest BCUT2D eigenvalue weighted by molar-refractivity contribution is -0.137. The zero-order valence-corrected chi connectivity index (χ0v) is 14.0. The van der Waals surface area contributed by atoms with Crippen LogP contribution in [-0.2, 0) is 4.79 Å². The van der Waals surface area contributed by atoms with E-state index in [1.807, 2.05) is 0 Å². The van der Waals surface area contributed by atoms with Crippen molar-refractivity contribution in [2.45, 2.75) is 64.1 Å². The first-order valence-electron chi connectivity index (χ1n) is 8.32. The molecular formula is C18H26O6. The van der Waals surface area contributed by atoms with Crippen molar-refractivity contribution in [1.82, 2.24) is 0 Å². The second-order valence-corrected chi connectivity index (χ2v) is 5.79. The molecule has 1 rings (SSSR count). The van der Waals surface area contributed by atoms with Crippen molar-refractivity contribution in [1.29, 1.82) is 0 Å². The van der Waals surface area contributed by atoms with E-state index >= 15 is 0 Å². The van der Waals surface area contributed by atoms with Crippen LogP contribution in [0.3, 0.4) is 0 Å². The third-order valence-corrected chi connectivity index (χ3v) is 3.71. The summed E-state index contributed by atoms with van der Waals surface area (Å²) in [6.45, 7) is 2.06.